The van der Waals surface area contributed by atoms with Gasteiger partial charge in [-0.25, -0.2) is 10.3 Å². The van der Waals surface area contributed by atoms with E-state index >= 15 is 0 Å². The van der Waals surface area contributed by atoms with Gasteiger partial charge in [-0.1, -0.05) is 50.3 Å². The van der Waals surface area contributed by atoms with E-state index in [-0.39, 0.29) is 30.8 Å². The van der Waals surface area contributed by atoms with Crippen LogP contribution in [0.3, 0.4) is 0 Å². The van der Waals surface area contributed by atoms with E-state index in [4.69, 9.17) is 9.94 Å². The fraction of sp³-hybridized carbons (Fsp3) is 0.542. The maximum absolute atomic E-state index is 13.4. The predicted octanol–water partition coefficient (Wildman–Crippen LogP) is 3.79. The first-order valence-electron chi connectivity index (χ1n) is 11.0. The maximum atomic E-state index is 13.4. The first-order valence-corrected chi connectivity index (χ1v) is 11.0. The van der Waals surface area contributed by atoms with Crippen molar-refractivity contribution < 1.29 is 24.3 Å². The van der Waals surface area contributed by atoms with Crippen LogP contribution in [0.15, 0.2) is 43.0 Å². The zero-order chi connectivity index (χ0) is 22.8. The second kappa shape index (κ2) is 12.2. The van der Waals surface area contributed by atoms with Crippen molar-refractivity contribution in [3.63, 3.8) is 0 Å². The second-order valence-electron chi connectivity index (χ2n) is 8.50. The lowest BCUT2D eigenvalue weighted by Crippen LogP contribution is -2.44. The van der Waals surface area contributed by atoms with Crippen LogP contribution in [0.1, 0.15) is 64.0 Å². The molecule has 0 spiro atoms. The van der Waals surface area contributed by atoms with E-state index in [1.807, 2.05) is 44.2 Å². The fourth-order valence-corrected chi connectivity index (χ4v) is 3.96. The topological polar surface area (TPSA) is 95.9 Å². The van der Waals surface area contributed by atoms with Crippen LogP contribution in [-0.4, -0.2) is 40.5 Å². The van der Waals surface area contributed by atoms with Crippen molar-refractivity contribution in [1.29, 1.82) is 0 Å². The van der Waals surface area contributed by atoms with Gasteiger partial charge in [0.05, 0.1) is 5.92 Å². The predicted molar refractivity (Wildman–Crippen MR) is 117 cm³/mol. The summed E-state index contributed by atoms with van der Waals surface area (Å²) in [5.41, 5.74) is 2.29. The molecule has 2 N–H and O–H groups in total. The standard InChI is InChI=1S/C24H34N2O5/c1-4-10-19(23(28)25-30)15-21(27)26(16-17(2)3)22(18-11-6-5-7-12-18)24(29)31-20-13-8-9-14-20/h4-7,11-12,17,19-20,22,30H,1,8-10,13-16H2,2-3H3,(H,25,28)/t19-,22-/m0/s1. The van der Waals surface area contributed by atoms with E-state index in [9.17, 15) is 14.4 Å². The zero-order valence-electron chi connectivity index (χ0n) is 18.5. The third kappa shape index (κ3) is 7.21. The molecule has 0 heterocycles. The summed E-state index contributed by atoms with van der Waals surface area (Å²) >= 11 is 0. The van der Waals surface area contributed by atoms with Gasteiger partial charge in [-0.15, -0.1) is 6.58 Å². The highest BCUT2D eigenvalue weighted by molar-refractivity contribution is 5.89. The van der Waals surface area contributed by atoms with Crippen molar-refractivity contribution in [2.24, 2.45) is 11.8 Å². The highest BCUT2D eigenvalue weighted by Crippen LogP contribution is 2.29. The van der Waals surface area contributed by atoms with Crippen molar-refractivity contribution in [2.75, 3.05) is 6.54 Å². The van der Waals surface area contributed by atoms with Gasteiger partial charge in [0.1, 0.15) is 6.10 Å². The van der Waals surface area contributed by atoms with E-state index in [0.29, 0.717) is 12.1 Å². The second-order valence-corrected chi connectivity index (χ2v) is 8.50. The average molecular weight is 431 g/mol. The van der Waals surface area contributed by atoms with Crippen molar-refractivity contribution in [3.8, 4) is 0 Å². The van der Waals surface area contributed by atoms with Crippen LogP contribution in [0.4, 0.5) is 0 Å². The monoisotopic (exact) mass is 430 g/mol. The fourth-order valence-electron chi connectivity index (χ4n) is 3.96. The lowest BCUT2D eigenvalue weighted by Gasteiger charge is -2.33. The summed E-state index contributed by atoms with van der Waals surface area (Å²) in [5, 5.41) is 9.03. The molecule has 1 aromatic carbocycles. The van der Waals surface area contributed by atoms with Crippen LogP contribution in [-0.2, 0) is 19.1 Å². The molecule has 1 aliphatic rings. The summed E-state index contributed by atoms with van der Waals surface area (Å²) in [5.74, 6) is -2.12. The lowest BCUT2D eigenvalue weighted by atomic mass is 9.97. The van der Waals surface area contributed by atoms with Crippen LogP contribution in [0.25, 0.3) is 0 Å². The number of hydrogen-bond acceptors (Lipinski definition) is 5. The van der Waals surface area contributed by atoms with E-state index in [2.05, 4.69) is 6.58 Å². The first kappa shape index (κ1) is 24.6. The van der Waals surface area contributed by atoms with Gasteiger partial charge >= 0.3 is 5.97 Å². The Kier molecular flexibility index (Phi) is 9.72. The summed E-state index contributed by atoms with van der Waals surface area (Å²) in [6.45, 7) is 7.89. The quantitative estimate of drug-likeness (QED) is 0.241. The molecule has 2 atom stereocenters. The zero-order valence-corrected chi connectivity index (χ0v) is 18.5. The number of carbonyl (C=O) groups is 3. The molecular weight excluding hydrogens is 396 g/mol. The third-order valence-electron chi connectivity index (χ3n) is 5.47. The molecule has 7 heteroatoms. The van der Waals surface area contributed by atoms with Gasteiger partial charge in [0.25, 0.3) is 0 Å². The SMILES string of the molecule is C=CC[C@@H](CC(=O)N(CC(C)C)[C@H](C(=O)OC1CCCC1)c1ccccc1)C(=O)NO. The minimum atomic E-state index is -0.890. The minimum Gasteiger partial charge on any atom is -0.461 e. The minimum absolute atomic E-state index is 0.0963. The van der Waals surface area contributed by atoms with Gasteiger partial charge in [-0.3, -0.25) is 14.8 Å². The Morgan fingerprint density at radius 3 is 2.42 bits per heavy atom. The van der Waals surface area contributed by atoms with Gasteiger partial charge in [-0.2, -0.15) is 0 Å². The molecule has 0 aromatic heterocycles. The molecule has 0 saturated heterocycles. The molecule has 7 nitrogen and oxygen atoms in total. The molecular formula is C24H34N2O5. The normalized spacial score (nSPS) is 15.9. The Bertz CT molecular complexity index is 744. The molecule has 2 rings (SSSR count). The number of carbonyl (C=O) groups excluding carboxylic acids is 3. The Morgan fingerprint density at radius 1 is 1.23 bits per heavy atom. The van der Waals surface area contributed by atoms with Crippen LogP contribution in [0.2, 0.25) is 0 Å². The molecule has 1 fully saturated rings. The Hall–Kier alpha value is -2.67. The smallest absolute Gasteiger partial charge is 0.333 e. The van der Waals surface area contributed by atoms with Crippen molar-refractivity contribution >= 4 is 17.8 Å². The van der Waals surface area contributed by atoms with E-state index < -0.39 is 23.8 Å². The van der Waals surface area contributed by atoms with E-state index in [1.165, 1.54) is 11.0 Å². The van der Waals surface area contributed by atoms with E-state index in [0.717, 1.165) is 25.7 Å². The van der Waals surface area contributed by atoms with Gasteiger partial charge in [-0.05, 0) is 43.6 Å². The Morgan fingerprint density at radius 2 is 1.87 bits per heavy atom. The number of allylic oxidation sites excluding steroid dienone is 1. The summed E-state index contributed by atoms with van der Waals surface area (Å²) in [6.07, 6.45) is 5.23. The highest BCUT2D eigenvalue weighted by atomic mass is 16.5. The average Bonchev–Trinajstić information content (AvgIpc) is 3.25. The number of nitrogens with one attached hydrogen (secondary N) is 1. The number of benzene rings is 1. The molecule has 0 unspecified atom stereocenters. The molecule has 31 heavy (non-hydrogen) atoms. The lowest BCUT2D eigenvalue weighted by molar-refractivity contribution is -0.161. The number of rotatable bonds is 11. The maximum Gasteiger partial charge on any atom is 0.333 e. The van der Waals surface area contributed by atoms with Gasteiger partial charge in [0.2, 0.25) is 11.8 Å². The Balaban J connectivity index is 2.34. The summed E-state index contributed by atoms with van der Waals surface area (Å²) in [7, 11) is 0. The third-order valence-corrected chi connectivity index (χ3v) is 5.47. The van der Waals surface area contributed by atoms with Crippen molar-refractivity contribution in [3.05, 3.63) is 48.6 Å². The number of ether oxygens (including phenoxy) is 1. The largest absolute Gasteiger partial charge is 0.461 e. The van der Waals surface area contributed by atoms with Gasteiger partial charge in [0.15, 0.2) is 6.04 Å². The molecule has 1 aliphatic carbocycles. The first-order chi connectivity index (χ1) is 14.9. The number of amides is 2. The molecule has 170 valence electrons. The van der Waals surface area contributed by atoms with Gasteiger partial charge in [0, 0.05) is 13.0 Å². The molecule has 0 radical (unpaired) electrons. The van der Waals surface area contributed by atoms with Crippen molar-refractivity contribution in [2.45, 2.75) is 64.5 Å². The van der Waals surface area contributed by atoms with Crippen LogP contribution < -0.4 is 5.48 Å². The molecule has 0 bridgehead atoms. The highest BCUT2D eigenvalue weighted by Gasteiger charge is 2.36. The van der Waals surface area contributed by atoms with Crippen LogP contribution >= 0.6 is 0 Å². The summed E-state index contributed by atoms with van der Waals surface area (Å²) in [4.78, 5) is 40.2. The number of hydrogen-bond donors (Lipinski definition) is 2. The molecule has 1 saturated carbocycles. The Labute approximate surface area is 184 Å². The van der Waals surface area contributed by atoms with Crippen molar-refractivity contribution in [1.82, 2.24) is 10.4 Å². The van der Waals surface area contributed by atoms with Crippen LogP contribution in [0, 0.1) is 11.8 Å². The summed E-state index contributed by atoms with van der Waals surface area (Å²) < 4.78 is 5.79. The number of esters is 1. The summed E-state index contributed by atoms with van der Waals surface area (Å²) in [6, 6.07) is 8.22. The molecule has 2 amide bonds. The number of nitrogens with zero attached hydrogens (tertiary/aromatic N) is 1. The molecule has 0 aliphatic heterocycles. The van der Waals surface area contributed by atoms with Crippen LogP contribution in [0.5, 0.6) is 0 Å². The van der Waals surface area contributed by atoms with Gasteiger partial charge < -0.3 is 9.64 Å². The number of hydroxylamine groups is 1. The van der Waals surface area contributed by atoms with E-state index in [1.54, 1.807) is 5.48 Å². The molecule has 1 aromatic rings.